The van der Waals surface area contributed by atoms with E-state index in [4.69, 9.17) is 0 Å². The van der Waals surface area contributed by atoms with Crippen molar-refractivity contribution in [2.45, 2.75) is 19.6 Å². The van der Waals surface area contributed by atoms with Gasteiger partial charge in [0.2, 0.25) is 11.8 Å². The highest BCUT2D eigenvalue weighted by Gasteiger charge is 2.30. The SMILES string of the molecule is O=C(CSCC(=O)N1c2ccccc2Sc2ccccc21)N1c2ccccc2Sc2ccccc21. The zero-order valence-electron chi connectivity index (χ0n) is 18.6. The van der Waals surface area contributed by atoms with E-state index >= 15 is 0 Å². The lowest BCUT2D eigenvalue weighted by molar-refractivity contribution is -0.115. The Hall–Kier alpha value is -3.13. The van der Waals surface area contributed by atoms with Gasteiger partial charge in [-0.2, -0.15) is 0 Å². The summed E-state index contributed by atoms with van der Waals surface area (Å²) in [6.07, 6.45) is 0. The van der Waals surface area contributed by atoms with Gasteiger partial charge in [0.1, 0.15) is 0 Å². The lowest BCUT2D eigenvalue weighted by Crippen LogP contribution is -2.32. The van der Waals surface area contributed by atoms with Crippen molar-refractivity contribution in [2.24, 2.45) is 0 Å². The minimum Gasteiger partial charge on any atom is -0.278 e. The summed E-state index contributed by atoms with van der Waals surface area (Å²) in [4.78, 5) is 34.7. The van der Waals surface area contributed by atoms with Crippen molar-refractivity contribution in [3.63, 3.8) is 0 Å². The van der Waals surface area contributed by atoms with Crippen LogP contribution in [0.5, 0.6) is 0 Å². The van der Waals surface area contributed by atoms with Crippen LogP contribution in [0.1, 0.15) is 0 Å². The molecule has 0 aromatic heterocycles. The highest BCUT2D eigenvalue weighted by molar-refractivity contribution is 8.00. The van der Waals surface area contributed by atoms with Crippen LogP contribution in [0.15, 0.2) is 117 Å². The normalized spacial score (nSPS) is 13.4. The Morgan fingerprint density at radius 3 is 1.11 bits per heavy atom. The second-order valence-electron chi connectivity index (χ2n) is 8.03. The van der Waals surface area contributed by atoms with Crippen LogP contribution in [-0.4, -0.2) is 23.3 Å². The molecule has 0 bridgehead atoms. The molecule has 4 aromatic rings. The van der Waals surface area contributed by atoms with Crippen LogP contribution in [0, 0.1) is 0 Å². The Balaban J connectivity index is 1.21. The molecule has 0 atom stereocenters. The summed E-state index contributed by atoms with van der Waals surface area (Å²) in [6, 6.07) is 31.8. The molecule has 35 heavy (non-hydrogen) atoms. The highest BCUT2D eigenvalue weighted by Crippen LogP contribution is 2.49. The van der Waals surface area contributed by atoms with Gasteiger partial charge in [0, 0.05) is 19.6 Å². The summed E-state index contributed by atoms with van der Waals surface area (Å²) in [5, 5.41) is 0. The van der Waals surface area contributed by atoms with Crippen LogP contribution < -0.4 is 9.80 Å². The first-order chi connectivity index (χ1) is 17.2. The second-order valence-corrected chi connectivity index (χ2v) is 11.2. The minimum atomic E-state index is -0.0296. The van der Waals surface area contributed by atoms with Gasteiger partial charge in [0.25, 0.3) is 0 Å². The monoisotopic (exact) mass is 512 g/mol. The smallest absolute Gasteiger partial charge is 0.241 e. The van der Waals surface area contributed by atoms with Crippen LogP contribution in [0.25, 0.3) is 0 Å². The maximum Gasteiger partial charge on any atom is 0.241 e. The van der Waals surface area contributed by atoms with Gasteiger partial charge >= 0.3 is 0 Å². The third kappa shape index (κ3) is 4.14. The van der Waals surface area contributed by atoms with Gasteiger partial charge < -0.3 is 0 Å². The van der Waals surface area contributed by atoms with E-state index in [2.05, 4.69) is 0 Å². The molecule has 2 heterocycles. The molecule has 4 nitrogen and oxygen atoms in total. The Morgan fingerprint density at radius 2 is 0.800 bits per heavy atom. The molecule has 0 fully saturated rings. The maximum absolute atomic E-state index is 13.4. The molecule has 4 aromatic carbocycles. The third-order valence-corrected chi connectivity index (χ3v) is 8.98. The Bertz CT molecular complexity index is 1260. The van der Waals surface area contributed by atoms with E-state index in [-0.39, 0.29) is 23.3 Å². The highest BCUT2D eigenvalue weighted by atomic mass is 32.2. The summed E-state index contributed by atoms with van der Waals surface area (Å²) in [5.74, 6) is 0.367. The first-order valence-electron chi connectivity index (χ1n) is 11.2. The maximum atomic E-state index is 13.4. The number of para-hydroxylation sites is 4. The van der Waals surface area contributed by atoms with E-state index in [9.17, 15) is 9.59 Å². The molecule has 0 aliphatic carbocycles. The summed E-state index contributed by atoms with van der Waals surface area (Å²) in [5.41, 5.74) is 3.57. The van der Waals surface area contributed by atoms with E-state index < -0.39 is 0 Å². The fraction of sp³-hybridized carbons (Fsp3) is 0.0714. The number of thioether (sulfide) groups is 1. The van der Waals surface area contributed by atoms with Crippen molar-refractivity contribution in [1.29, 1.82) is 0 Å². The lowest BCUT2D eigenvalue weighted by Gasteiger charge is -2.32. The van der Waals surface area contributed by atoms with Crippen LogP contribution in [0.4, 0.5) is 22.7 Å². The molecular weight excluding hydrogens is 493 g/mol. The number of hydrogen-bond donors (Lipinski definition) is 0. The fourth-order valence-corrected chi connectivity index (χ4v) is 7.13. The van der Waals surface area contributed by atoms with Gasteiger partial charge in [-0.1, -0.05) is 72.1 Å². The molecule has 0 saturated carbocycles. The summed E-state index contributed by atoms with van der Waals surface area (Å²) in [7, 11) is 0. The van der Waals surface area contributed by atoms with Crippen molar-refractivity contribution >= 4 is 69.8 Å². The number of hydrogen-bond acceptors (Lipinski definition) is 5. The largest absolute Gasteiger partial charge is 0.278 e. The van der Waals surface area contributed by atoms with Crippen molar-refractivity contribution in [1.82, 2.24) is 0 Å². The van der Waals surface area contributed by atoms with E-state index in [1.54, 1.807) is 33.3 Å². The summed E-state index contributed by atoms with van der Waals surface area (Å²) >= 11 is 4.71. The molecule has 7 heteroatoms. The van der Waals surface area contributed by atoms with Crippen molar-refractivity contribution < 1.29 is 9.59 Å². The fourth-order valence-electron chi connectivity index (χ4n) is 4.30. The topological polar surface area (TPSA) is 40.6 Å². The van der Waals surface area contributed by atoms with E-state index in [1.165, 1.54) is 11.8 Å². The van der Waals surface area contributed by atoms with E-state index in [0.717, 1.165) is 42.3 Å². The first kappa shape index (κ1) is 22.3. The Kier molecular flexibility index (Phi) is 6.06. The Morgan fingerprint density at radius 1 is 0.514 bits per heavy atom. The van der Waals surface area contributed by atoms with Crippen molar-refractivity contribution in [3.05, 3.63) is 97.1 Å². The van der Waals surface area contributed by atoms with Gasteiger partial charge in [-0.05, 0) is 48.5 Å². The predicted molar refractivity (Wildman–Crippen MR) is 146 cm³/mol. The lowest BCUT2D eigenvalue weighted by atomic mass is 10.2. The van der Waals surface area contributed by atoms with E-state index in [0.29, 0.717) is 0 Å². The molecule has 6 rings (SSSR count). The first-order valence-corrected chi connectivity index (χ1v) is 13.9. The predicted octanol–water partition coefficient (Wildman–Crippen LogP) is 7.38. The molecule has 0 unspecified atom stereocenters. The molecule has 0 radical (unpaired) electrons. The standard InChI is InChI=1S/C28H20N2O2S3/c31-27(29-19-9-1-5-13-23(19)34-24-14-6-2-10-20(24)29)17-33-18-28(32)30-21-11-3-7-15-25(21)35-26-16-8-4-12-22(26)30/h1-16H,17-18H2. The summed E-state index contributed by atoms with van der Waals surface area (Å²) < 4.78 is 0. The van der Waals surface area contributed by atoms with Crippen molar-refractivity contribution in [2.75, 3.05) is 21.3 Å². The van der Waals surface area contributed by atoms with Gasteiger partial charge in [-0.15, -0.1) is 11.8 Å². The van der Waals surface area contributed by atoms with Crippen molar-refractivity contribution in [3.8, 4) is 0 Å². The number of benzene rings is 4. The number of carbonyl (C=O) groups is 2. The number of nitrogens with zero attached hydrogens (tertiary/aromatic N) is 2. The summed E-state index contributed by atoms with van der Waals surface area (Å²) in [6.45, 7) is 0. The molecule has 0 saturated heterocycles. The quantitative estimate of drug-likeness (QED) is 0.285. The van der Waals surface area contributed by atoms with Crippen LogP contribution in [0.2, 0.25) is 0 Å². The van der Waals surface area contributed by atoms with Crippen LogP contribution in [0.3, 0.4) is 0 Å². The van der Waals surface area contributed by atoms with Gasteiger partial charge in [-0.3, -0.25) is 19.4 Å². The molecule has 0 N–H and O–H groups in total. The van der Waals surface area contributed by atoms with Gasteiger partial charge in [0.15, 0.2) is 0 Å². The second kappa shape index (κ2) is 9.49. The molecule has 2 amide bonds. The number of fused-ring (bicyclic) bond motifs is 4. The third-order valence-electron chi connectivity index (χ3n) is 5.81. The average Bonchev–Trinajstić information content (AvgIpc) is 2.90. The van der Waals surface area contributed by atoms with E-state index in [1.807, 2.05) is 97.1 Å². The Labute approximate surface area is 216 Å². The van der Waals surface area contributed by atoms with Gasteiger partial charge in [0.05, 0.1) is 34.3 Å². The molecule has 172 valence electrons. The molecule has 0 spiro atoms. The molecule has 2 aliphatic rings. The van der Waals surface area contributed by atoms with Gasteiger partial charge in [-0.25, -0.2) is 0 Å². The molecule has 2 aliphatic heterocycles. The van der Waals surface area contributed by atoms with Crippen LogP contribution >= 0.6 is 35.3 Å². The van der Waals surface area contributed by atoms with Crippen LogP contribution in [-0.2, 0) is 9.59 Å². The zero-order chi connectivity index (χ0) is 23.8. The molecular formula is C28H20N2O2S3. The minimum absolute atomic E-state index is 0.0296. The average molecular weight is 513 g/mol. The number of anilines is 4. The number of amides is 2. The number of rotatable bonds is 4. The zero-order valence-corrected chi connectivity index (χ0v) is 21.0. The number of carbonyl (C=O) groups excluding carboxylic acids is 2.